The largest absolute Gasteiger partial charge is 0.383 e. The smallest absolute Gasteiger partial charge is 0.276 e. The second kappa shape index (κ2) is 7.32. The minimum Gasteiger partial charge on any atom is -0.383 e. The molecule has 20 heavy (non-hydrogen) atoms. The second-order valence-corrected chi connectivity index (χ2v) is 4.67. The van der Waals surface area contributed by atoms with Gasteiger partial charge in [-0.2, -0.15) is 0 Å². The number of aromatic nitrogens is 3. The third kappa shape index (κ3) is 3.53. The highest BCUT2D eigenvalue weighted by atomic mass is 16.5. The van der Waals surface area contributed by atoms with E-state index in [-0.39, 0.29) is 5.91 Å². The number of rotatable bonds is 8. The summed E-state index contributed by atoms with van der Waals surface area (Å²) in [6.07, 6.45) is 1.71. The third-order valence-electron chi connectivity index (χ3n) is 3.28. The quantitative estimate of drug-likeness (QED) is 0.670. The van der Waals surface area contributed by atoms with Crippen LogP contribution in [-0.2, 0) is 9.47 Å². The Hall–Kier alpha value is -1.51. The summed E-state index contributed by atoms with van der Waals surface area (Å²) >= 11 is 0. The molecule has 0 radical (unpaired) electrons. The van der Waals surface area contributed by atoms with Crippen molar-refractivity contribution >= 4 is 5.91 Å². The molecule has 112 valence electrons. The molecule has 0 unspecified atom stereocenters. The average molecular weight is 283 g/mol. The van der Waals surface area contributed by atoms with Crippen molar-refractivity contribution in [2.24, 2.45) is 0 Å². The summed E-state index contributed by atoms with van der Waals surface area (Å²) < 4.78 is 11.8. The van der Waals surface area contributed by atoms with Crippen LogP contribution >= 0.6 is 0 Å². The van der Waals surface area contributed by atoms with Crippen LogP contribution in [0, 0.1) is 0 Å². The van der Waals surface area contributed by atoms with Gasteiger partial charge in [-0.05, 0) is 0 Å². The fourth-order valence-electron chi connectivity index (χ4n) is 1.89. The summed E-state index contributed by atoms with van der Waals surface area (Å²) in [6, 6.07) is 0.301. The molecule has 0 bridgehead atoms. The summed E-state index contributed by atoms with van der Waals surface area (Å²) in [4.78, 5) is 14.0. The highest BCUT2D eigenvalue weighted by Crippen LogP contribution is 2.11. The Balaban J connectivity index is 1.99. The third-order valence-corrected chi connectivity index (χ3v) is 3.28. The summed E-state index contributed by atoms with van der Waals surface area (Å²) in [5.74, 6) is -0.141. The minimum absolute atomic E-state index is 0.141. The number of carbonyl (C=O) groups is 1. The van der Waals surface area contributed by atoms with E-state index in [1.54, 1.807) is 30.0 Å². The van der Waals surface area contributed by atoms with Crippen LogP contribution in [0.1, 0.15) is 16.5 Å². The van der Waals surface area contributed by atoms with E-state index in [1.807, 2.05) is 0 Å². The van der Waals surface area contributed by atoms with Crippen molar-refractivity contribution in [3.8, 4) is 0 Å². The molecule has 8 heteroatoms. The predicted octanol–water partition coefficient (Wildman–Crippen LogP) is -0.843. The molecule has 2 heterocycles. The molecule has 1 aliphatic heterocycles. The molecule has 1 amide bonds. The molecule has 1 N–H and O–H groups in total. The summed E-state index contributed by atoms with van der Waals surface area (Å²) in [5.41, 5.74) is 0.365. The molecule has 1 fully saturated rings. The number of nitrogens with one attached hydrogen (secondary N) is 1. The SMILES string of the molecule is COCCN(CCOC)C(=O)c1cn(C2CNC2)nn1. The van der Waals surface area contributed by atoms with Crippen molar-refractivity contribution in [2.75, 3.05) is 53.6 Å². The topological polar surface area (TPSA) is 81.5 Å². The highest BCUT2D eigenvalue weighted by molar-refractivity contribution is 5.91. The van der Waals surface area contributed by atoms with Crippen molar-refractivity contribution in [3.05, 3.63) is 11.9 Å². The van der Waals surface area contributed by atoms with Gasteiger partial charge in [-0.15, -0.1) is 5.10 Å². The summed E-state index contributed by atoms with van der Waals surface area (Å²) in [6.45, 7) is 3.72. The zero-order valence-electron chi connectivity index (χ0n) is 11.9. The molecule has 8 nitrogen and oxygen atoms in total. The number of nitrogens with zero attached hydrogens (tertiary/aromatic N) is 4. The predicted molar refractivity (Wildman–Crippen MR) is 71.6 cm³/mol. The van der Waals surface area contributed by atoms with Crippen LogP contribution in [0.4, 0.5) is 0 Å². The van der Waals surface area contributed by atoms with Gasteiger partial charge in [0.05, 0.1) is 25.5 Å². The zero-order chi connectivity index (χ0) is 14.4. The van der Waals surface area contributed by atoms with Gasteiger partial charge in [0.1, 0.15) is 0 Å². The van der Waals surface area contributed by atoms with Gasteiger partial charge in [0, 0.05) is 40.4 Å². The van der Waals surface area contributed by atoms with E-state index in [1.165, 1.54) is 0 Å². The Morgan fingerprint density at radius 2 is 2.05 bits per heavy atom. The Morgan fingerprint density at radius 3 is 2.55 bits per heavy atom. The fraction of sp³-hybridized carbons (Fsp3) is 0.750. The lowest BCUT2D eigenvalue weighted by Gasteiger charge is -2.26. The first-order valence-corrected chi connectivity index (χ1v) is 6.66. The van der Waals surface area contributed by atoms with E-state index in [4.69, 9.17) is 9.47 Å². The molecule has 1 aromatic rings. The van der Waals surface area contributed by atoms with Crippen molar-refractivity contribution in [1.82, 2.24) is 25.2 Å². The van der Waals surface area contributed by atoms with Crippen molar-refractivity contribution < 1.29 is 14.3 Å². The van der Waals surface area contributed by atoms with Crippen LogP contribution in [0.5, 0.6) is 0 Å². The molecule has 0 spiro atoms. The monoisotopic (exact) mass is 283 g/mol. The van der Waals surface area contributed by atoms with Crippen molar-refractivity contribution in [1.29, 1.82) is 0 Å². The Bertz CT molecular complexity index is 424. The van der Waals surface area contributed by atoms with E-state index in [0.29, 0.717) is 38.0 Å². The summed E-state index contributed by atoms with van der Waals surface area (Å²) in [5, 5.41) is 11.1. The van der Waals surface area contributed by atoms with Gasteiger partial charge in [-0.3, -0.25) is 4.79 Å². The van der Waals surface area contributed by atoms with Gasteiger partial charge >= 0.3 is 0 Å². The van der Waals surface area contributed by atoms with Gasteiger partial charge in [-0.1, -0.05) is 5.21 Å². The van der Waals surface area contributed by atoms with Crippen LogP contribution in [-0.4, -0.2) is 79.4 Å². The van der Waals surface area contributed by atoms with Gasteiger partial charge < -0.3 is 19.7 Å². The molecular weight excluding hydrogens is 262 g/mol. The van der Waals surface area contributed by atoms with Gasteiger partial charge in [0.2, 0.25) is 0 Å². The van der Waals surface area contributed by atoms with E-state index in [0.717, 1.165) is 13.1 Å². The maximum Gasteiger partial charge on any atom is 0.276 e. The molecule has 0 aromatic carbocycles. The maximum atomic E-state index is 12.4. The van der Waals surface area contributed by atoms with E-state index in [9.17, 15) is 4.79 Å². The van der Waals surface area contributed by atoms with Crippen molar-refractivity contribution in [2.45, 2.75) is 6.04 Å². The van der Waals surface area contributed by atoms with Crippen molar-refractivity contribution in [3.63, 3.8) is 0 Å². The molecule has 0 atom stereocenters. The van der Waals surface area contributed by atoms with E-state index in [2.05, 4.69) is 15.6 Å². The van der Waals surface area contributed by atoms with Gasteiger partial charge in [0.25, 0.3) is 5.91 Å². The molecule has 1 saturated heterocycles. The van der Waals surface area contributed by atoms with Crippen LogP contribution in [0.2, 0.25) is 0 Å². The number of amides is 1. The Labute approximate surface area is 118 Å². The zero-order valence-corrected chi connectivity index (χ0v) is 11.9. The lowest BCUT2D eigenvalue weighted by molar-refractivity contribution is 0.0621. The summed E-state index contributed by atoms with van der Waals surface area (Å²) in [7, 11) is 3.22. The van der Waals surface area contributed by atoms with Crippen LogP contribution in [0.15, 0.2) is 6.20 Å². The average Bonchev–Trinajstić information content (AvgIpc) is 2.85. The maximum absolute atomic E-state index is 12.4. The van der Waals surface area contributed by atoms with Crippen LogP contribution in [0.25, 0.3) is 0 Å². The number of hydrogen-bond donors (Lipinski definition) is 1. The fourth-order valence-corrected chi connectivity index (χ4v) is 1.89. The first kappa shape index (κ1) is 14.9. The molecule has 1 aliphatic rings. The molecular formula is C12H21N5O3. The van der Waals surface area contributed by atoms with E-state index >= 15 is 0 Å². The first-order valence-electron chi connectivity index (χ1n) is 6.66. The standard InChI is InChI=1S/C12H21N5O3/c1-19-5-3-16(4-6-20-2)12(18)11-9-17(15-14-11)10-7-13-8-10/h9-10,13H,3-8H2,1-2H3. The lowest BCUT2D eigenvalue weighted by Crippen LogP contribution is -2.43. The molecule has 0 aliphatic carbocycles. The van der Waals surface area contributed by atoms with Crippen LogP contribution in [0.3, 0.4) is 0 Å². The Kier molecular flexibility index (Phi) is 5.45. The normalized spacial score (nSPS) is 15.1. The number of carbonyl (C=O) groups excluding carboxylic acids is 1. The molecule has 0 saturated carbocycles. The molecule has 1 aromatic heterocycles. The Morgan fingerprint density at radius 1 is 1.40 bits per heavy atom. The highest BCUT2D eigenvalue weighted by Gasteiger charge is 2.23. The van der Waals surface area contributed by atoms with Gasteiger partial charge in [0.15, 0.2) is 5.69 Å². The number of ether oxygens (including phenoxy) is 2. The lowest BCUT2D eigenvalue weighted by atomic mass is 10.2. The number of methoxy groups -OCH3 is 2. The number of hydrogen-bond acceptors (Lipinski definition) is 6. The molecule has 2 rings (SSSR count). The van der Waals surface area contributed by atoms with E-state index < -0.39 is 0 Å². The minimum atomic E-state index is -0.141. The second-order valence-electron chi connectivity index (χ2n) is 4.67. The van der Waals surface area contributed by atoms with Crippen LogP contribution < -0.4 is 5.32 Å². The first-order chi connectivity index (χ1) is 9.76. The van der Waals surface area contributed by atoms with Gasteiger partial charge in [-0.25, -0.2) is 4.68 Å².